The molecule has 0 aliphatic heterocycles. The van der Waals surface area contributed by atoms with Crippen molar-refractivity contribution in [2.24, 2.45) is 0 Å². The predicted molar refractivity (Wildman–Crippen MR) is 99.6 cm³/mol. The van der Waals surface area contributed by atoms with Gasteiger partial charge < -0.3 is 20.1 Å². The molecule has 1 amide bonds. The molecule has 26 heavy (non-hydrogen) atoms. The highest BCUT2D eigenvalue weighted by molar-refractivity contribution is 6.07. The third-order valence-corrected chi connectivity index (χ3v) is 3.53. The fourth-order valence-electron chi connectivity index (χ4n) is 2.24. The summed E-state index contributed by atoms with van der Waals surface area (Å²) in [5, 5.41) is 5.88. The molecule has 0 radical (unpaired) electrons. The number of nitrogens with zero attached hydrogens (tertiary/aromatic N) is 1. The second-order valence-electron chi connectivity index (χ2n) is 5.43. The third kappa shape index (κ3) is 5.56. The first-order chi connectivity index (χ1) is 12.7. The lowest BCUT2D eigenvalue weighted by atomic mass is 10.1. The van der Waals surface area contributed by atoms with Crippen molar-refractivity contribution in [2.45, 2.75) is 13.3 Å². The Morgan fingerprint density at radius 1 is 1.15 bits per heavy atom. The first kappa shape index (κ1) is 19.4. The Morgan fingerprint density at radius 2 is 1.96 bits per heavy atom. The van der Waals surface area contributed by atoms with E-state index in [1.165, 1.54) is 6.20 Å². The van der Waals surface area contributed by atoms with Crippen LogP contribution in [0.15, 0.2) is 42.6 Å². The Morgan fingerprint density at radius 3 is 2.65 bits per heavy atom. The Bertz CT molecular complexity index is 732. The van der Waals surface area contributed by atoms with Gasteiger partial charge in [-0.3, -0.25) is 4.79 Å². The van der Waals surface area contributed by atoms with Gasteiger partial charge in [0, 0.05) is 26.5 Å². The zero-order chi connectivity index (χ0) is 18.8. The minimum absolute atomic E-state index is 0.268. The SMILES string of the molecule is CCOC(=O)c1ccccc1NC(=O)c1ccc(NCCCOC)nc1. The fraction of sp³-hybridized carbons (Fsp3) is 0.316. The summed E-state index contributed by atoms with van der Waals surface area (Å²) in [5.41, 5.74) is 1.11. The zero-order valence-electron chi connectivity index (χ0n) is 15.0. The van der Waals surface area contributed by atoms with E-state index in [1.807, 2.05) is 0 Å². The Hall–Kier alpha value is -2.93. The Balaban J connectivity index is 2.01. The average Bonchev–Trinajstić information content (AvgIpc) is 2.66. The Kier molecular flexibility index (Phi) is 7.57. The normalized spacial score (nSPS) is 10.2. The monoisotopic (exact) mass is 357 g/mol. The highest BCUT2D eigenvalue weighted by atomic mass is 16.5. The zero-order valence-corrected chi connectivity index (χ0v) is 15.0. The van der Waals surface area contributed by atoms with Crippen molar-refractivity contribution in [1.29, 1.82) is 0 Å². The summed E-state index contributed by atoms with van der Waals surface area (Å²) in [6.07, 6.45) is 2.35. The van der Waals surface area contributed by atoms with Crippen molar-refractivity contribution in [1.82, 2.24) is 4.98 Å². The summed E-state index contributed by atoms with van der Waals surface area (Å²) in [4.78, 5) is 28.6. The van der Waals surface area contributed by atoms with Crippen molar-refractivity contribution in [3.8, 4) is 0 Å². The van der Waals surface area contributed by atoms with Gasteiger partial charge in [-0.1, -0.05) is 12.1 Å². The summed E-state index contributed by atoms with van der Waals surface area (Å²) in [6, 6.07) is 10.1. The van der Waals surface area contributed by atoms with Crippen molar-refractivity contribution in [3.05, 3.63) is 53.7 Å². The number of hydrogen-bond acceptors (Lipinski definition) is 6. The standard InChI is InChI=1S/C19H23N3O4/c1-3-26-19(24)15-7-4-5-8-16(15)22-18(23)14-9-10-17(21-13-14)20-11-6-12-25-2/h4-5,7-10,13H,3,6,11-12H2,1-2H3,(H,20,21)(H,22,23). The van der Waals surface area contributed by atoms with Gasteiger partial charge in [-0.25, -0.2) is 9.78 Å². The van der Waals surface area contributed by atoms with E-state index < -0.39 is 5.97 Å². The van der Waals surface area contributed by atoms with Crippen LogP contribution in [-0.2, 0) is 9.47 Å². The first-order valence-corrected chi connectivity index (χ1v) is 8.42. The lowest BCUT2D eigenvalue weighted by Crippen LogP contribution is -2.16. The van der Waals surface area contributed by atoms with Gasteiger partial charge in [0.25, 0.3) is 5.91 Å². The number of aromatic nitrogens is 1. The molecule has 0 aliphatic rings. The van der Waals surface area contributed by atoms with Crippen LogP contribution >= 0.6 is 0 Å². The molecular formula is C19H23N3O4. The van der Waals surface area contributed by atoms with Gasteiger partial charge in [-0.15, -0.1) is 0 Å². The number of carbonyl (C=O) groups excluding carboxylic acids is 2. The number of esters is 1. The van der Waals surface area contributed by atoms with E-state index in [-0.39, 0.29) is 12.5 Å². The molecule has 0 bridgehead atoms. The van der Waals surface area contributed by atoms with Gasteiger partial charge in [0.15, 0.2) is 0 Å². The molecule has 2 aromatic rings. The van der Waals surface area contributed by atoms with Crippen LogP contribution < -0.4 is 10.6 Å². The molecule has 1 aromatic heterocycles. The van der Waals surface area contributed by atoms with Crippen LogP contribution in [0, 0.1) is 0 Å². The summed E-state index contributed by atoms with van der Waals surface area (Å²) < 4.78 is 9.99. The molecule has 138 valence electrons. The van der Waals surface area contributed by atoms with E-state index in [1.54, 1.807) is 50.4 Å². The maximum atomic E-state index is 12.4. The molecule has 0 unspecified atom stereocenters. The summed E-state index contributed by atoms with van der Waals surface area (Å²) in [6.45, 7) is 3.41. The average molecular weight is 357 g/mol. The quantitative estimate of drug-likeness (QED) is 0.530. The Labute approximate surface area is 152 Å². The lowest BCUT2D eigenvalue weighted by Gasteiger charge is -2.10. The van der Waals surface area contributed by atoms with Crippen LogP contribution in [0.25, 0.3) is 0 Å². The number of rotatable bonds is 9. The number of anilines is 2. The summed E-state index contributed by atoms with van der Waals surface area (Å²) in [5.74, 6) is -0.137. The van der Waals surface area contributed by atoms with Crippen LogP contribution in [0.2, 0.25) is 0 Å². The molecule has 1 heterocycles. The predicted octanol–water partition coefficient (Wildman–Crippen LogP) is 2.96. The molecule has 0 fully saturated rings. The van der Waals surface area contributed by atoms with Gasteiger partial charge in [-0.2, -0.15) is 0 Å². The number of carbonyl (C=O) groups is 2. The number of amides is 1. The second-order valence-corrected chi connectivity index (χ2v) is 5.43. The van der Waals surface area contributed by atoms with Crippen molar-refractivity contribution in [2.75, 3.05) is 37.5 Å². The van der Waals surface area contributed by atoms with Crippen LogP contribution in [0.5, 0.6) is 0 Å². The molecule has 0 aliphatic carbocycles. The van der Waals surface area contributed by atoms with E-state index in [0.29, 0.717) is 29.2 Å². The minimum Gasteiger partial charge on any atom is -0.462 e. The minimum atomic E-state index is -0.475. The maximum Gasteiger partial charge on any atom is 0.340 e. The summed E-state index contributed by atoms with van der Waals surface area (Å²) >= 11 is 0. The molecule has 0 saturated carbocycles. The van der Waals surface area contributed by atoms with Crippen LogP contribution in [0.1, 0.15) is 34.1 Å². The van der Waals surface area contributed by atoms with Gasteiger partial charge in [0.2, 0.25) is 0 Å². The largest absolute Gasteiger partial charge is 0.462 e. The third-order valence-electron chi connectivity index (χ3n) is 3.53. The second kappa shape index (κ2) is 10.1. The van der Waals surface area contributed by atoms with Crippen LogP contribution in [0.4, 0.5) is 11.5 Å². The molecule has 2 N–H and O–H groups in total. The molecule has 1 aromatic carbocycles. The van der Waals surface area contributed by atoms with Gasteiger partial charge >= 0.3 is 5.97 Å². The number of benzene rings is 1. The highest BCUT2D eigenvalue weighted by Gasteiger charge is 2.15. The van der Waals surface area contributed by atoms with Crippen LogP contribution in [0.3, 0.4) is 0 Å². The molecule has 0 spiro atoms. The van der Waals surface area contributed by atoms with Gasteiger partial charge in [0.05, 0.1) is 23.4 Å². The van der Waals surface area contributed by atoms with E-state index in [4.69, 9.17) is 9.47 Å². The molecule has 7 heteroatoms. The highest BCUT2D eigenvalue weighted by Crippen LogP contribution is 2.17. The van der Waals surface area contributed by atoms with Crippen LogP contribution in [-0.4, -0.2) is 43.7 Å². The lowest BCUT2D eigenvalue weighted by molar-refractivity contribution is 0.0527. The molecular weight excluding hydrogens is 334 g/mol. The molecule has 0 saturated heterocycles. The topological polar surface area (TPSA) is 89.5 Å². The first-order valence-electron chi connectivity index (χ1n) is 8.42. The fourth-order valence-corrected chi connectivity index (χ4v) is 2.24. The van der Waals surface area contributed by atoms with Crippen molar-refractivity contribution >= 4 is 23.4 Å². The number of pyridine rings is 1. The molecule has 0 atom stereocenters. The van der Waals surface area contributed by atoms with Crippen molar-refractivity contribution in [3.63, 3.8) is 0 Å². The van der Waals surface area contributed by atoms with E-state index in [9.17, 15) is 9.59 Å². The molecule has 2 rings (SSSR count). The van der Waals surface area contributed by atoms with E-state index >= 15 is 0 Å². The molecule has 7 nitrogen and oxygen atoms in total. The number of hydrogen-bond donors (Lipinski definition) is 2. The number of methoxy groups -OCH3 is 1. The summed E-state index contributed by atoms with van der Waals surface area (Å²) in [7, 11) is 1.66. The van der Waals surface area contributed by atoms with Gasteiger partial charge in [0.1, 0.15) is 5.82 Å². The maximum absolute atomic E-state index is 12.4. The number of nitrogens with one attached hydrogen (secondary N) is 2. The van der Waals surface area contributed by atoms with Gasteiger partial charge in [-0.05, 0) is 37.6 Å². The van der Waals surface area contributed by atoms with E-state index in [2.05, 4.69) is 15.6 Å². The number of ether oxygens (including phenoxy) is 2. The smallest absolute Gasteiger partial charge is 0.340 e. The number of para-hydroxylation sites is 1. The van der Waals surface area contributed by atoms with Crippen molar-refractivity contribution < 1.29 is 19.1 Å². The van der Waals surface area contributed by atoms with E-state index in [0.717, 1.165) is 13.0 Å².